The summed E-state index contributed by atoms with van der Waals surface area (Å²) in [7, 11) is 2.06. The maximum atomic E-state index is 4.36. The molecule has 96 valence electrons. The molecule has 17 heavy (non-hydrogen) atoms. The number of hydrogen-bond acceptors (Lipinski definition) is 4. The average Bonchev–Trinajstić information content (AvgIpc) is 2.50. The Balaban J connectivity index is 2.24. The monoisotopic (exact) mass is 237 g/mol. The first-order valence-corrected chi connectivity index (χ1v) is 6.35. The van der Waals surface area contributed by atoms with E-state index in [-0.39, 0.29) is 5.41 Å². The van der Waals surface area contributed by atoms with E-state index in [1.807, 2.05) is 0 Å². The molecule has 1 saturated heterocycles. The summed E-state index contributed by atoms with van der Waals surface area (Å²) in [5, 5.41) is 12.1. The zero-order valence-electron chi connectivity index (χ0n) is 11.3. The van der Waals surface area contributed by atoms with Crippen molar-refractivity contribution in [1.29, 1.82) is 0 Å². The molecule has 0 unspecified atom stereocenters. The number of anilines is 1. The second-order valence-electron chi connectivity index (χ2n) is 5.72. The van der Waals surface area contributed by atoms with Crippen molar-refractivity contribution < 1.29 is 0 Å². The summed E-state index contributed by atoms with van der Waals surface area (Å²) in [4.78, 5) is 2.32. The molecule has 5 heteroatoms. The summed E-state index contributed by atoms with van der Waals surface area (Å²) in [6, 6.07) is 0. The van der Waals surface area contributed by atoms with Crippen molar-refractivity contribution in [3.8, 4) is 0 Å². The summed E-state index contributed by atoms with van der Waals surface area (Å²) in [6.07, 6.45) is 1.16. The van der Waals surface area contributed by atoms with Gasteiger partial charge in [-0.3, -0.25) is 4.57 Å². The molecular weight excluding hydrogens is 214 g/mol. The number of hydrogen-bond donors (Lipinski definition) is 1. The van der Waals surface area contributed by atoms with E-state index in [0.29, 0.717) is 0 Å². The maximum Gasteiger partial charge on any atom is 0.227 e. The molecule has 0 aliphatic carbocycles. The van der Waals surface area contributed by atoms with Crippen LogP contribution in [0.25, 0.3) is 0 Å². The highest BCUT2D eigenvalue weighted by Crippen LogP contribution is 2.23. The number of nitrogens with one attached hydrogen (secondary N) is 1. The molecule has 5 nitrogen and oxygen atoms in total. The first-order valence-electron chi connectivity index (χ1n) is 6.35. The van der Waals surface area contributed by atoms with Crippen LogP contribution in [0.1, 0.15) is 33.0 Å². The van der Waals surface area contributed by atoms with Crippen LogP contribution in [0.2, 0.25) is 0 Å². The van der Waals surface area contributed by atoms with Crippen molar-refractivity contribution in [2.45, 2.75) is 32.6 Å². The van der Waals surface area contributed by atoms with Crippen LogP contribution in [0.4, 0.5) is 5.95 Å². The smallest absolute Gasteiger partial charge is 0.227 e. The van der Waals surface area contributed by atoms with Crippen LogP contribution in [0.5, 0.6) is 0 Å². The van der Waals surface area contributed by atoms with E-state index in [4.69, 9.17) is 0 Å². The van der Waals surface area contributed by atoms with E-state index in [2.05, 4.69) is 52.8 Å². The third-order valence-electron chi connectivity index (χ3n) is 3.15. The average molecular weight is 237 g/mol. The summed E-state index contributed by atoms with van der Waals surface area (Å²) in [6.45, 7) is 10.7. The van der Waals surface area contributed by atoms with Gasteiger partial charge in [0.05, 0.1) is 0 Å². The van der Waals surface area contributed by atoms with Gasteiger partial charge in [-0.2, -0.15) is 0 Å². The molecule has 1 aliphatic rings. The Morgan fingerprint density at radius 2 is 1.88 bits per heavy atom. The Morgan fingerprint density at radius 3 is 2.53 bits per heavy atom. The largest absolute Gasteiger partial charge is 0.340 e. The van der Waals surface area contributed by atoms with Crippen LogP contribution in [0, 0.1) is 0 Å². The fourth-order valence-electron chi connectivity index (χ4n) is 2.30. The van der Waals surface area contributed by atoms with Crippen LogP contribution < -0.4 is 10.2 Å². The van der Waals surface area contributed by atoms with Gasteiger partial charge < -0.3 is 10.2 Å². The third-order valence-corrected chi connectivity index (χ3v) is 3.15. The van der Waals surface area contributed by atoms with Crippen LogP contribution in [-0.4, -0.2) is 40.9 Å². The van der Waals surface area contributed by atoms with Crippen molar-refractivity contribution in [2.24, 2.45) is 7.05 Å². The highest BCUT2D eigenvalue weighted by molar-refractivity contribution is 5.32. The summed E-state index contributed by atoms with van der Waals surface area (Å²) < 4.78 is 2.13. The maximum absolute atomic E-state index is 4.36. The quantitative estimate of drug-likeness (QED) is 0.788. The molecule has 0 atom stereocenters. The Bertz CT molecular complexity index is 369. The SMILES string of the molecule is Cn1c(N2CCCNCC2)nnc1C(C)(C)C. The zero-order valence-corrected chi connectivity index (χ0v) is 11.3. The highest BCUT2D eigenvalue weighted by Gasteiger charge is 2.24. The molecule has 0 bridgehead atoms. The number of rotatable bonds is 1. The molecular formula is C12H23N5. The van der Waals surface area contributed by atoms with Gasteiger partial charge in [0, 0.05) is 32.1 Å². The van der Waals surface area contributed by atoms with Gasteiger partial charge in [0.2, 0.25) is 5.95 Å². The summed E-state index contributed by atoms with van der Waals surface area (Å²) in [5.41, 5.74) is 0.0457. The van der Waals surface area contributed by atoms with Gasteiger partial charge in [0.25, 0.3) is 0 Å². The lowest BCUT2D eigenvalue weighted by Crippen LogP contribution is -2.30. The highest BCUT2D eigenvalue weighted by atomic mass is 15.4. The van der Waals surface area contributed by atoms with E-state index in [1.54, 1.807) is 0 Å². The van der Waals surface area contributed by atoms with Gasteiger partial charge in [0.1, 0.15) is 5.82 Å². The molecule has 1 N–H and O–H groups in total. The van der Waals surface area contributed by atoms with Crippen molar-refractivity contribution in [3.05, 3.63) is 5.82 Å². The minimum atomic E-state index is 0.0457. The molecule has 1 fully saturated rings. The van der Waals surface area contributed by atoms with Crippen molar-refractivity contribution in [2.75, 3.05) is 31.1 Å². The Morgan fingerprint density at radius 1 is 1.12 bits per heavy atom. The van der Waals surface area contributed by atoms with Crippen molar-refractivity contribution in [1.82, 2.24) is 20.1 Å². The standard InChI is InChI=1S/C12H23N5/c1-12(2,3)10-14-15-11(16(10)4)17-8-5-6-13-7-9-17/h13H,5-9H2,1-4H3. The topological polar surface area (TPSA) is 46.0 Å². The van der Waals surface area contributed by atoms with Gasteiger partial charge in [-0.25, -0.2) is 0 Å². The summed E-state index contributed by atoms with van der Waals surface area (Å²) >= 11 is 0. The lowest BCUT2D eigenvalue weighted by molar-refractivity contribution is 0.519. The molecule has 2 rings (SSSR count). The van der Waals surface area contributed by atoms with Crippen molar-refractivity contribution >= 4 is 5.95 Å². The molecule has 1 aromatic heterocycles. The van der Waals surface area contributed by atoms with E-state index in [0.717, 1.165) is 44.4 Å². The molecule has 0 saturated carbocycles. The van der Waals surface area contributed by atoms with Gasteiger partial charge >= 0.3 is 0 Å². The van der Waals surface area contributed by atoms with Crippen LogP contribution in [-0.2, 0) is 12.5 Å². The first-order chi connectivity index (χ1) is 8.00. The second-order valence-corrected chi connectivity index (χ2v) is 5.72. The van der Waals surface area contributed by atoms with Gasteiger partial charge in [-0.05, 0) is 13.0 Å². The Labute approximate surface area is 103 Å². The van der Waals surface area contributed by atoms with Crippen molar-refractivity contribution in [3.63, 3.8) is 0 Å². The second kappa shape index (κ2) is 4.64. The predicted molar refractivity (Wildman–Crippen MR) is 69.4 cm³/mol. The molecule has 2 heterocycles. The molecule has 0 amide bonds. The van der Waals surface area contributed by atoms with Gasteiger partial charge in [-0.1, -0.05) is 20.8 Å². The molecule has 0 spiro atoms. The van der Waals surface area contributed by atoms with Gasteiger partial charge in [-0.15, -0.1) is 10.2 Å². The molecule has 0 radical (unpaired) electrons. The van der Waals surface area contributed by atoms with E-state index < -0.39 is 0 Å². The van der Waals surface area contributed by atoms with Crippen LogP contribution in [0.3, 0.4) is 0 Å². The Kier molecular flexibility index (Phi) is 3.38. The lowest BCUT2D eigenvalue weighted by atomic mass is 9.96. The van der Waals surface area contributed by atoms with Gasteiger partial charge in [0.15, 0.2) is 0 Å². The number of aromatic nitrogens is 3. The number of nitrogens with zero attached hydrogens (tertiary/aromatic N) is 4. The fourth-order valence-corrected chi connectivity index (χ4v) is 2.30. The molecule has 0 aromatic carbocycles. The zero-order chi connectivity index (χ0) is 12.5. The lowest BCUT2D eigenvalue weighted by Gasteiger charge is -2.22. The van der Waals surface area contributed by atoms with E-state index in [9.17, 15) is 0 Å². The predicted octanol–water partition coefficient (Wildman–Crippen LogP) is 0.912. The molecule has 1 aliphatic heterocycles. The normalized spacial score (nSPS) is 18.2. The minimum absolute atomic E-state index is 0.0457. The Hall–Kier alpha value is -1.10. The summed E-state index contributed by atoms with van der Waals surface area (Å²) in [5.74, 6) is 2.04. The van der Waals surface area contributed by atoms with E-state index >= 15 is 0 Å². The van der Waals surface area contributed by atoms with E-state index in [1.165, 1.54) is 0 Å². The van der Waals surface area contributed by atoms with Crippen LogP contribution >= 0.6 is 0 Å². The van der Waals surface area contributed by atoms with Crippen LogP contribution in [0.15, 0.2) is 0 Å². The fraction of sp³-hybridized carbons (Fsp3) is 0.833. The molecule has 1 aromatic rings. The minimum Gasteiger partial charge on any atom is -0.340 e. The third kappa shape index (κ3) is 2.60. The first kappa shape index (κ1) is 12.4.